The van der Waals surface area contributed by atoms with Crippen LogP contribution in [0.15, 0.2) is 12.1 Å². The number of carbonyl (C=O) groups excluding carboxylic acids is 1. The highest BCUT2D eigenvalue weighted by Gasteiger charge is 2.34. The van der Waals surface area contributed by atoms with Crippen LogP contribution >= 0.6 is 22.9 Å². The zero-order valence-electron chi connectivity index (χ0n) is 11.0. The van der Waals surface area contributed by atoms with Gasteiger partial charge >= 0.3 is 0 Å². The van der Waals surface area contributed by atoms with Gasteiger partial charge in [-0.2, -0.15) is 0 Å². The van der Waals surface area contributed by atoms with Gasteiger partial charge in [0.15, 0.2) is 5.78 Å². The molecule has 1 saturated carbocycles. The number of hydrogen-bond donors (Lipinski definition) is 1. The summed E-state index contributed by atoms with van der Waals surface area (Å²) in [7, 11) is 0. The molecular weight excluding hydrogens is 278 g/mol. The molecule has 1 aromatic heterocycles. The van der Waals surface area contributed by atoms with Crippen LogP contribution < -0.4 is 5.32 Å². The lowest BCUT2D eigenvalue weighted by Crippen LogP contribution is -2.52. The molecular formula is C15H20ClNOS. The average molecular weight is 298 g/mol. The van der Waals surface area contributed by atoms with E-state index in [9.17, 15) is 4.79 Å². The fourth-order valence-electron chi connectivity index (χ4n) is 3.49. The third-order valence-corrected chi connectivity index (χ3v) is 5.75. The molecule has 0 bridgehead atoms. The summed E-state index contributed by atoms with van der Waals surface area (Å²) in [5.74, 6) is 1.15. The second-order valence-electron chi connectivity index (χ2n) is 5.80. The van der Waals surface area contributed by atoms with E-state index in [1.807, 2.05) is 12.1 Å². The molecule has 2 aliphatic rings. The Morgan fingerprint density at radius 3 is 2.89 bits per heavy atom. The number of thiophene rings is 1. The molecule has 0 spiro atoms. The molecule has 0 aromatic carbocycles. The number of carbonyl (C=O) groups is 1. The maximum absolute atomic E-state index is 12.4. The van der Waals surface area contributed by atoms with Crippen molar-refractivity contribution < 1.29 is 4.79 Å². The highest BCUT2D eigenvalue weighted by atomic mass is 35.5. The zero-order chi connectivity index (χ0) is 13.2. The molecule has 1 aromatic rings. The smallest absolute Gasteiger partial charge is 0.154 e. The Balaban J connectivity index is 1.58. The van der Waals surface area contributed by atoms with Crippen LogP contribution in [-0.2, 0) is 11.2 Å². The predicted octanol–water partition coefficient (Wildman–Crippen LogP) is 3.82. The molecule has 0 amide bonds. The molecule has 4 heteroatoms. The minimum atomic E-state index is 0.0697. The van der Waals surface area contributed by atoms with Crippen LogP contribution in [0, 0.1) is 5.92 Å². The summed E-state index contributed by atoms with van der Waals surface area (Å²) in [6.07, 6.45) is 8.05. The van der Waals surface area contributed by atoms with E-state index in [4.69, 9.17) is 11.6 Å². The van der Waals surface area contributed by atoms with Gasteiger partial charge in [0.05, 0.1) is 10.4 Å². The molecule has 104 valence electrons. The molecule has 0 radical (unpaired) electrons. The molecule has 3 rings (SSSR count). The van der Waals surface area contributed by atoms with E-state index in [1.54, 1.807) is 0 Å². The van der Waals surface area contributed by atoms with Crippen molar-refractivity contribution in [3.05, 3.63) is 21.3 Å². The SMILES string of the molecule is O=C(Cc1ccc(Cl)s1)C1CCC2CCCCC2N1. The Morgan fingerprint density at radius 2 is 2.11 bits per heavy atom. The maximum atomic E-state index is 12.4. The molecule has 1 aliphatic heterocycles. The lowest BCUT2D eigenvalue weighted by Gasteiger charge is -2.40. The van der Waals surface area contributed by atoms with E-state index >= 15 is 0 Å². The fraction of sp³-hybridized carbons (Fsp3) is 0.667. The Kier molecular flexibility index (Phi) is 4.25. The van der Waals surface area contributed by atoms with Crippen molar-refractivity contribution in [1.82, 2.24) is 5.32 Å². The molecule has 2 heterocycles. The van der Waals surface area contributed by atoms with Gasteiger partial charge in [-0.25, -0.2) is 0 Å². The van der Waals surface area contributed by atoms with E-state index in [1.165, 1.54) is 43.4 Å². The monoisotopic (exact) mass is 297 g/mol. The van der Waals surface area contributed by atoms with Gasteiger partial charge < -0.3 is 5.32 Å². The number of piperidine rings is 1. The Bertz CT molecular complexity index is 459. The van der Waals surface area contributed by atoms with Gasteiger partial charge in [0.2, 0.25) is 0 Å². The Morgan fingerprint density at radius 1 is 1.26 bits per heavy atom. The van der Waals surface area contributed by atoms with Crippen LogP contribution in [0.1, 0.15) is 43.4 Å². The van der Waals surface area contributed by atoms with Gasteiger partial charge in [-0.05, 0) is 43.7 Å². The van der Waals surface area contributed by atoms with Crippen molar-refractivity contribution >= 4 is 28.7 Å². The Hall–Kier alpha value is -0.380. The van der Waals surface area contributed by atoms with Crippen LogP contribution in [0.5, 0.6) is 0 Å². The number of fused-ring (bicyclic) bond motifs is 1. The van der Waals surface area contributed by atoms with Gasteiger partial charge in [-0.15, -0.1) is 11.3 Å². The first-order valence-electron chi connectivity index (χ1n) is 7.25. The zero-order valence-corrected chi connectivity index (χ0v) is 12.6. The quantitative estimate of drug-likeness (QED) is 0.919. The van der Waals surface area contributed by atoms with Crippen molar-refractivity contribution in [3.8, 4) is 0 Å². The minimum absolute atomic E-state index is 0.0697. The first-order valence-corrected chi connectivity index (χ1v) is 8.45. The van der Waals surface area contributed by atoms with Crippen molar-refractivity contribution in [2.75, 3.05) is 0 Å². The second-order valence-corrected chi connectivity index (χ2v) is 7.60. The number of rotatable bonds is 3. The third kappa shape index (κ3) is 3.21. The summed E-state index contributed by atoms with van der Waals surface area (Å²) >= 11 is 7.43. The second kappa shape index (κ2) is 5.94. The highest BCUT2D eigenvalue weighted by Crippen LogP contribution is 2.32. The normalized spacial score (nSPS) is 30.9. The average Bonchev–Trinajstić information content (AvgIpc) is 2.83. The van der Waals surface area contributed by atoms with E-state index < -0.39 is 0 Å². The first-order chi connectivity index (χ1) is 9.22. The van der Waals surface area contributed by atoms with Gasteiger partial charge in [-0.1, -0.05) is 24.4 Å². The lowest BCUT2D eigenvalue weighted by atomic mass is 9.77. The van der Waals surface area contributed by atoms with Crippen LogP contribution in [0.2, 0.25) is 4.34 Å². The number of hydrogen-bond acceptors (Lipinski definition) is 3. The van der Waals surface area contributed by atoms with Gasteiger partial charge in [0.25, 0.3) is 0 Å². The summed E-state index contributed by atoms with van der Waals surface area (Å²) in [6.45, 7) is 0. The van der Waals surface area contributed by atoms with Crippen LogP contribution in [0.4, 0.5) is 0 Å². The van der Waals surface area contributed by atoms with Crippen molar-refractivity contribution in [3.63, 3.8) is 0 Å². The van der Waals surface area contributed by atoms with Crippen molar-refractivity contribution in [2.24, 2.45) is 5.92 Å². The molecule has 3 unspecified atom stereocenters. The van der Waals surface area contributed by atoms with E-state index in [0.29, 0.717) is 18.2 Å². The molecule has 1 aliphatic carbocycles. The predicted molar refractivity (Wildman–Crippen MR) is 79.9 cm³/mol. The maximum Gasteiger partial charge on any atom is 0.154 e. The summed E-state index contributed by atoms with van der Waals surface area (Å²) in [6, 6.07) is 4.50. The summed E-state index contributed by atoms with van der Waals surface area (Å²) in [4.78, 5) is 13.4. The van der Waals surface area contributed by atoms with E-state index in [0.717, 1.165) is 21.6 Å². The first kappa shape index (κ1) is 13.6. The van der Waals surface area contributed by atoms with Gasteiger partial charge in [0.1, 0.15) is 0 Å². The van der Waals surface area contributed by atoms with Crippen molar-refractivity contribution in [2.45, 2.75) is 57.0 Å². The number of ketones is 1. The Labute approximate surface area is 123 Å². The molecule has 1 N–H and O–H groups in total. The molecule has 19 heavy (non-hydrogen) atoms. The topological polar surface area (TPSA) is 29.1 Å². The van der Waals surface area contributed by atoms with Crippen LogP contribution in [0.3, 0.4) is 0 Å². The van der Waals surface area contributed by atoms with Crippen LogP contribution in [-0.4, -0.2) is 17.9 Å². The molecule has 3 atom stereocenters. The van der Waals surface area contributed by atoms with Gasteiger partial charge in [0, 0.05) is 17.3 Å². The lowest BCUT2D eigenvalue weighted by molar-refractivity contribution is -0.121. The van der Waals surface area contributed by atoms with Crippen LogP contribution in [0.25, 0.3) is 0 Å². The number of halogens is 1. The summed E-state index contributed by atoms with van der Waals surface area (Å²) in [5, 5.41) is 3.60. The van der Waals surface area contributed by atoms with E-state index in [2.05, 4.69) is 5.32 Å². The molecule has 1 saturated heterocycles. The summed E-state index contributed by atoms with van der Waals surface area (Å²) < 4.78 is 0.770. The van der Waals surface area contributed by atoms with Crippen molar-refractivity contribution in [1.29, 1.82) is 0 Å². The molecule has 2 nitrogen and oxygen atoms in total. The number of nitrogens with one attached hydrogen (secondary N) is 1. The number of Topliss-reactive ketones (excluding diaryl/α,β-unsaturated/α-hetero) is 1. The standard InChI is InChI=1S/C15H20ClNOS/c16-15-8-6-11(19-15)9-14(18)13-7-5-10-3-1-2-4-12(10)17-13/h6,8,10,12-13,17H,1-5,7,9H2. The largest absolute Gasteiger partial charge is 0.304 e. The third-order valence-electron chi connectivity index (χ3n) is 4.52. The molecule has 2 fully saturated rings. The van der Waals surface area contributed by atoms with E-state index in [-0.39, 0.29) is 6.04 Å². The summed E-state index contributed by atoms with van der Waals surface area (Å²) in [5.41, 5.74) is 0. The minimum Gasteiger partial charge on any atom is -0.304 e. The van der Waals surface area contributed by atoms with Gasteiger partial charge in [-0.3, -0.25) is 4.79 Å². The highest BCUT2D eigenvalue weighted by molar-refractivity contribution is 7.16. The fourth-order valence-corrected chi connectivity index (χ4v) is 4.59.